The predicted molar refractivity (Wildman–Crippen MR) is 123 cm³/mol. The van der Waals surface area contributed by atoms with E-state index in [0.717, 1.165) is 46.1 Å². The first-order chi connectivity index (χ1) is 14.0. The lowest BCUT2D eigenvalue weighted by atomic mass is 10.2. The Labute approximate surface area is 179 Å². The minimum Gasteiger partial charge on any atom is -0.346 e. The van der Waals surface area contributed by atoms with E-state index < -0.39 is 0 Å². The molecule has 3 aromatic rings. The number of carbonyl (C=O) groups excluding carboxylic acids is 1. The number of nitrogens with one attached hydrogen (secondary N) is 1. The number of benzene rings is 2. The molecule has 2 heterocycles. The van der Waals surface area contributed by atoms with Crippen LogP contribution in [0.3, 0.4) is 0 Å². The van der Waals surface area contributed by atoms with Gasteiger partial charge in [-0.05, 0) is 62.5 Å². The molecule has 5 nitrogen and oxygen atoms in total. The number of aromatic nitrogens is 1. The summed E-state index contributed by atoms with van der Waals surface area (Å²) in [7, 11) is 4.25. The number of hydrogen-bond acceptors (Lipinski definition) is 5. The van der Waals surface area contributed by atoms with Gasteiger partial charge in [0.05, 0.1) is 10.2 Å². The number of fused-ring (bicyclic) bond motifs is 1. The third-order valence-corrected chi connectivity index (χ3v) is 6.40. The largest absolute Gasteiger partial charge is 0.346 e. The van der Waals surface area contributed by atoms with Crippen molar-refractivity contribution in [3.8, 4) is 0 Å². The van der Waals surface area contributed by atoms with Gasteiger partial charge in [0.1, 0.15) is 0 Å². The number of carbonyl (C=O) groups is 1. The Bertz CT molecular complexity index is 1060. The Morgan fingerprint density at radius 2 is 2.17 bits per heavy atom. The first-order valence-electron chi connectivity index (χ1n) is 9.54. The van der Waals surface area contributed by atoms with Crippen molar-refractivity contribution in [2.45, 2.75) is 12.5 Å². The van der Waals surface area contributed by atoms with Crippen LogP contribution in [0.25, 0.3) is 16.3 Å². The maximum absolute atomic E-state index is 12.3. The zero-order valence-corrected chi connectivity index (χ0v) is 18.0. The molecule has 1 amide bonds. The van der Waals surface area contributed by atoms with Crippen molar-refractivity contribution in [2.24, 2.45) is 0 Å². The number of rotatable bonds is 5. The average molecular weight is 427 g/mol. The quantitative estimate of drug-likeness (QED) is 0.598. The molecule has 1 saturated heterocycles. The van der Waals surface area contributed by atoms with Crippen LogP contribution in [0.5, 0.6) is 0 Å². The Morgan fingerprint density at radius 1 is 1.31 bits per heavy atom. The summed E-state index contributed by atoms with van der Waals surface area (Å²) in [6.45, 7) is 2.03. The van der Waals surface area contributed by atoms with Crippen LogP contribution >= 0.6 is 22.9 Å². The van der Waals surface area contributed by atoms with Crippen molar-refractivity contribution in [1.82, 2.24) is 9.88 Å². The van der Waals surface area contributed by atoms with Gasteiger partial charge in [-0.2, -0.15) is 0 Å². The predicted octanol–water partition coefficient (Wildman–Crippen LogP) is 4.74. The summed E-state index contributed by atoms with van der Waals surface area (Å²) in [5.41, 5.74) is 2.61. The van der Waals surface area contributed by atoms with E-state index in [2.05, 4.69) is 29.2 Å². The highest BCUT2D eigenvalue weighted by Gasteiger charge is 2.26. The van der Waals surface area contributed by atoms with Crippen LogP contribution in [-0.4, -0.2) is 49.0 Å². The molecule has 4 rings (SSSR count). The van der Waals surface area contributed by atoms with Crippen LogP contribution in [-0.2, 0) is 4.79 Å². The summed E-state index contributed by atoms with van der Waals surface area (Å²) in [6, 6.07) is 13.8. The maximum Gasteiger partial charge on any atom is 0.248 e. The molecule has 1 aromatic heterocycles. The highest BCUT2D eigenvalue weighted by molar-refractivity contribution is 7.22. The van der Waals surface area contributed by atoms with Crippen molar-refractivity contribution in [2.75, 3.05) is 37.4 Å². The van der Waals surface area contributed by atoms with E-state index in [1.54, 1.807) is 23.5 Å². The second-order valence-corrected chi connectivity index (χ2v) is 8.85. The van der Waals surface area contributed by atoms with Gasteiger partial charge in [-0.25, -0.2) is 4.98 Å². The van der Waals surface area contributed by atoms with E-state index in [1.807, 2.05) is 36.4 Å². The lowest BCUT2D eigenvalue weighted by Crippen LogP contribution is -2.31. The number of amides is 1. The molecule has 2 aromatic carbocycles. The number of likely N-dealkylation sites (N-methyl/N-ethyl adjacent to an activating group) is 1. The molecule has 0 radical (unpaired) electrons. The van der Waals surface area contributed by atoms with Gasteiger partial charge in [-0.1, -0.05) is 35.1 Å². The monoisotopic (exact) mass is 426 g/mol. The second kappa shape index (κ2) is 8.53. The molecule has 1 fully saturated rings. The van der Waals surface area contributed by atoms with Gasteiger partial charge in [0, 0.05) is 35.9 Å². The lowest BCUT2D eigenvalue weighted by Gasteiger charge is -2.19. The van der Waals surface area contributed by atoms with Gasteiger partial charge >= 0.3 is 0 Å². The zero-order chi connectivity index (χ0) is 20.4. The summed E-state index contributed by atoms with van der Waals surface area (Å²) in [4.78, 5) is 21.7. The molecule has 0 aliphatic carbocycles. The third kappa shape index (κ3) is 4.78. The number of thiazole rings is 1. The van der Waals surface area contributed by atoms with Crippen molar-refractivity contribution in [3.63, 3.8) is 0 Å². The smallest absolute Gasteiger partial charge is 0.248 e. The van der Waals surface area contributed by atoms with Crippen LogP contribution in [0, 0.1) is 0 Å². The van der Waals surface area contributed by atoms with E-state index in [9.17, 15) is 4.79 Å². The summed E-state index contributed by atoms with van der Waals surface area (Å²) >= 11 is 7.65. The van der Waals surface area contributed by atoms with Crippen LogP contribution in [0.1, 0.15) is 12.0 Å². The van der Waals surface area contributed by atoms with Gasteiger partial charge in [-0.15, -0.1) is 0 Å². The van der Waals surface area contributed by atoms with Crippen molar-refractivity contribution in [1.29, 1.82) is 0 Å². The van der Waals surface area contributed by atoms with Gasteiger partial charge in [0.25, 0.3) is 0 Å². The molecular formula is C22H23ClN4OS. The van der Waals surface area contributed by atoms with E-state index in [-0.39, 0.29) is 5.91 Å². The minimum absolute atomic E-state index is 0.178. The molecule has 1 aliphatic rings. The number of halogens is 1. The van der Waals surface area contributed by atoms with Crippen molar-refractivity contribution < 1.29 is 4.79 Å². The molecule has 1 aliphatic heterocycles. The standard InChI is InChI=1S/C22H23ClN4OS/c1-26(2)18-10-11-27(14-18)22-25-19-8-7-17(13-20(19)29-22)24-21(28)9-6-15-4-3-5-16(23)12-15/h3-9,12-13,18H,10-11,14H2,1-2H3,(H,24,28). The topological polar surface area (TPSA) is 48.5 Å². The fourth-order valence-corrected chi connectivity index (χ4v) is 4.67. The van der Waals surface area contributed by atoms with E-state index in [4.69, 9.17) is 16.6 Å². The lowest BCUT2D eigenvalue weighted by molar-refractivity contribution is -0.111. The van der Waals surface area contributed by atoms with Crippen molar-refractivity contribution in [3.05, 3.63) is 59.1 Å². The number of anilines is 2. The SMILES string of the molecule is CN(C)C1CCN(c2nc3ccc(NC(=O)C=Cc4cccc(Cl)c4)cc3s2)C1. The molecular weight excluding hydrogens is 404 g/mol. The molecule has 150 valence electrons. The molecule has 1 unspecified atom stereocenters. The van der Waals surface area contributed by atoms with Crippen LogP contribution in [0.15, 0.2) is 48.5 Å². The minimum atomic E-state index is -0.178. The molecule has 0 saturated carbocycles. The zero-order valence-electron chi connectivity index (χ0n) is 16.4. The fraction of sp³-hybridized carbons (Fsp3) is 0.273. The number of nitrogens with zero attached hydrogens (tertiary/aromatic N) is 3. The van der Waals surface area contributed by atoms with Crippen LogP contribution in [0.2, 0.25) is 5.02 Å². The second-order valence-electron chi connectivity index (χ2n) is 7.41. The number of hydrogen-bond donors (Lipinski definition) is 1. The summed E-state index contributed by atoms with van der Waals surface area (Å²) in [5, 5.41) is 4.62. The normalized spacial score (nSPS) is 17.0. The van der Waals surface area contributed by atoms with Gasteiger partial charge in [0.2, 0.25) is 5.91 Å². The Kier molecular flexibility index (Phi) is 5.85. The van der Waals surface area contributed by atoms with Gasteiger partial charge in [0.15, 0.2) is 5.13 Å². The fourth-order valence-electron chi connectivity index (χ4n) is 3.43. The van der Waals surface area contributed by atoms with Crippen LogP contribution < -0.4 is 10.2 Å². The van der Waals surface area contributed by atoms with Gasteiger partial charge in [-0.3, -0.25) is 4.79 Å². The van der Waals surface area contributed by atoms with Crippen LogP contribution in [0.4, 0.5) is 10.8 Å². The van der Waals surface area contributed by atoms with Gasteiger partial charge < -0.3 is 15.1 Å². The third-order valence-electron chi connectivity index (χ3n) is 5.08. The maximum atomic E-state index is 12.3. The first-order valence-corrected chi connectivity index (χ1v) is 10.7. The first kappa shape index (κ1) is 19.9. The summed E-state index contributed by atoms with van der Waals surface area (Å²) in [6.07, 6.45) is 4.42. The highest BCUT2D eigenvalue weighted by atomic mass is 35.5. The highest BCUT2D eigenvalue weighted by Crippen LogP contribution is 2.33. The molecule has 0 bridgehead atoms. The Balaban J connectivity index is 1.44. The summed E-state index contributed by atoms with van der Waals surface area (Å²) < 4.78 is 1.07. The van der Waals surface area contributed by atoms with E-state index >= 15 is 0 Å². The Morgan fingerprint density at radius 3 is 2.93 bits per heavy atom. The molecule has 29 heavy (non-hydrogen) atoms. The van der Waals surface area contributed by atoms with Crippen molar-refractivity contribution >= 4 is 56.0 Å². The van der Waals surface area contributed by atoms with E-state index in [0.29, 0.717) is 11.1 Å². The molecule has 1 N–H and O–H groups in total. The Hall–Kier alpha value is -2.41. The molecule has 0 spiro atoms. The molecule has 7 heteroatoms. The summed E-state index contributed by atoms with van der Waals surface area (Å²) in [5.74, 6) is -0.178. The molecule has 1 atom stereocenters. The average Bonchev–Trinajstić information content (AvgIpc) is 3.33. The van der Waals surface area contributed by atoms with E-state index in [1.165, 1.54) is 6.08 Å².